The fourth-order valence-electron chi connectivity index (χ4n) is 1.77. The van der Waals surface area contributed by atoms with E-state index in [9.17, 15) is 19.2 Å². The number of rotatable bonds is 11. The Morgan fingerprint density at radius 1 is 1.05 bits per heavy atom. The summed E-state index contributed by atoms with van der Waals surface area (Å²) < 4.78 is 0. The minimum Gasteiger partial charge on any atom is -0.386 e. The Labute approximate surface area is 157 Å². The Balaban J connectivity index is 0. The maximum absolute atomic E-state index is 11.9. The van der Waals surface area contributed by atoms with Gasteiger partial charge in [0.25, 0.3) is 0 Å². The molecule has 0 aliphatic carbocycles. The first-order valence-corrected chi connectivity index (χ1v) is 7.31. The van der Waals surface area contributed by atoms with Crippen molar-refractivity contribution in [3.05, 3.63) is 6.92 Å². The molecule has 0 saturated heterocycles. The Morgan fingerprint density at radius 2 is 1.68 bits per heavy atom. The minimum absolute atomic E-state index is 0. The second kappa shape index (κ2) is 14.0. The summed E-state index contributed by atoms with van der Waals surface area (Å²) in [5.74, 6) is -1.58. The van der Waals surface area contributed by atoms with Crippen LogP contribution in [0.15, 0.2) is 0 Å². The van der Waals surface area contributed by atoms with Gasteiger partial charge in [0.15, 0.2) is 0 Å². The number of amides is 2. The van der Waals surface area contributed by atoms with Gasteiger partial charge in [0.2, 0.25) is 11.8 Å². The second-order valence-electron chi connectivity index (χ2n) is 4.85. The number of carbonyl (C=O) groups is 4. The van der Waals surface area contributed by atoms with Crippen molar-refractivity contribution in [1.29, 1.82) is 0 Å². The molecule has 0 aromatic heterocycles. The van der Waals surface area contributed by atoms with E-state index in [4.69, 9.17) is 0 Å². The van der Waals surface area contributed by atoms with E-state index in [1.54, 1.807) is 6.92 Å². The number of Topliss-reactive ketones (excluding diaryl/α,β-unsaturated/α-hetero) is 2. The van der Waals surface area contributed by atoms with Gasteiger partial charge >= 0.3 is 0 Å². The van der Waals surface area contributed by atoms with Crippen molar-refractivity contribution >= 4 is 23.4 Å². The monoisotopic (exact) mass is 386 g/mol. The van der Waals surface area contributed by atoms with Gasteiger partial charge in [-0.2, -0.15) is 0 Å². The van der Waals surface area contributed by atoms with Gasteiger partial charge < -0.3 is 17.6 Å². The summed E-state index contributed by atoms with van der Waals surface area (Å²) in [6, 6.07) is 0. The molecule has 0 aromatic rings. The van der Waals surface area contributed by atoms with Crippen LogP contribution in [0.3, 0.4) is 0 Å². The van der Waals surface area contributed by atoms with E-state index < -0.39 is 5.92 Å². The van der Waals surface area contributed by atoms with E-state index in [1.807, 2.05) is 6.92 Å². The predicted molar refractivity (Wildman–Crippen MR) is 79.3 cm³/mol. The number of hydrogen-bond acceptors (Lipinski definition) is 4. The van der Waals surface area contributed by atoms with Crippen LogP contribution in [0.4, 0.5) is 0 Å². The van der Waals surface area contributed by atoms with E-state index in [2.05, 4.69) is 17.6 Å². The minimum atomic E-state index is -0.662. The van der Waals surface area contributed by atoms with Crippen molar-refractivity contribution in [2.45, 2.75) is 46.0 Å². The molecule has 0 aromatic carbocycles. The van der Waals surface area contributed by atoms with Crippen molar-refractivity contribution < 1.29 is 51.9 Å². The van der Waals surface area contributed by atoms with Gasteiger partial charge in [-0.3, -0.25) is 19.2 Å². The Bertz CT molecular complexity index is 386. The van der Waals surface area contributed by atoms with Crippen LogP contribution in [0.25, 0.3) is 0 Å². The molecule has 1 radical (unpaired) electrons. The third kappa shape index (κ3) is 11.0. The second-order valence-corrected chi connectivity index (χ2v) is 4.85. The molecule has 0 fully saturated rings. The van der Waals surface area contributed by atoms with Crippen molar-refractivity contribution in [3.8, 4) is 0 Å². The molecule has 0 saturated carbocycles. The average molecular weight is 386 g/mol. The molecular weight excluding hydrogens is 361 g/mol. The molecule has 0 aliphatic heterocycles. The van der Waals surface area contributed by atoms with Crippen LogP contribution in [0.1, 0.15) is 46.0 Å². The van der Waals surface area contributed by atoms with Gasteiger partial charge in [-0.15, -0.1) is 6.54 Å². The zero-order chi connectivity index (χ0) is 16.3. The number of hydrogen-bond donors (Lipinski definition) is 2. The summed E-state index contributed by atoms with van der Waals surface area (Å²) >= 11 is 0. The molecular formula is C15H25N2O4Y-. The summed E-state index contributed by atoms with van der Waals surface area (Å²) in [6.45, 7) is 7.39. The first-order valence-electron chi connectivity index (χ1n) is 7.31. The number of carbonyl (C=O) groups excluding carboxylic acids is 4. The molecule has 123 valence electrons. The Hall–Kier alpha value is -0.616. The standard InChI is InChI=1S/C15H25N2O4.Y/c1-4-7-14(20)17-10-11(15(21)16-6-3)8-13(19)9-12(18)5-2;/h11H,3-10H2,1-2H3,(H,16,21)(H,17,20);/q-1;. The molecule has 6 nitrogen and oxygen atoms in total. The maximum Gasteiger partial charge on any atom is 0.222 e. The van der Waals surface area contributed by atoms with Crippen LogP contribution in [-0.2, 0) is 51.9 Å². The third-order valence-electron chi connectivity index (χ3n) is 2.96. The summed E-state index contributed by atoms with van der Waals surface area (Å²) in [4.78, 5) is 46.3. The summed E-state index contributed by atoms with van der Waals surface area (Å²) in [5.41, 5.74) is 0. The summed E-state index contributed by atoms with van der Waals surface area (Å²) in [6.07, 6.45) is 1.18. The summed E-state index contributed by atoms with van der Waals surface area (Å²) in [7, 11) is 0. The molecule has 2 N–H and O–H groups in total. The van der Waals surface area contributed by atoms with Gasteiger partial charge in [-0.25, -0.2) is 0 Å². The van der Waals surface area contributed by atoms with E-state index in [1.165, 1.54) is 0 Å². The topological polar surface area (TPSA) is 92.3 Å². The SMILES string of the molecule is [CH2-]CNC(=O)C(CNC(=O)CCC)CC(=O)CC(=O)CC.[Y]. The molecule has 0 aliphatic rings. The molecule has 0 spiro atoms. The van der Waals surface area contributed by atoms with Gasteiger partial charge in [0.05, 0.1) is 12.3 Å². The van der Waals surface area contributed by atoms with Crippen molar-refractivity contribution in [2.75, 3.05) is 13.1 Å². The molecule has 22 heavy (non-hydrogen) atoms. The molecule has 7 heteroatoms. The van der Waals surface area contributed by atoms with E-state index in [-0.39, 0.29) is 82.0 Å². The first kappa shape index (κ1) is 23.6. The summed E-state index contributed by atoms with van der Waals surface area (Å²) in [5, 5.41) is 5.17. The number of nitrogens with one attached hydrogen (secondary N) is 2. The quantitative estimate of drug-likeness (QED) is 0.406. The Kier molecular flexibility index (Phi) is 15.1. The van der Waals surface area contributed by atoms with Crippen LogP contribution in [-0.4, -0.2) is 36.5 Å². The zero-order valence-corrected chi connectivity index (χ0v) is 16.3. The average Bonchev–Trinajstić information content (AvgIpc) is 2.43. The van der Waals surface area contributed by atoms with Gasteiger partial charge in [0.1, 0.15) is 11.6 Å². The van der Waals surface area contributed by atoms with Crippen molar-refractivity contribution in [1.82, 2.24) is 10.6 Å². The normalized spacial score (nSPS) is 11.0. The smallest absolute Gasteiger partial charge is 0.222 e. The van der Waals surface area contributed by atoms with Crippen LogP contribution in [0.2, 0.25) is 0 Å². The molecule has 1 atom stereocenters. The molecule has 0 rings (SSSR count). The largest absolute Gasteiger partial charge is 0.386 e. The third-order valence-corrected chi connectivity index (χ3v) is 2.96. The van der Waals surface area contributed by atoms with Gasteiger partial charge in [0, 0.05) is 58.5 Å². The molecule has 2 amide bonds. The van der Waals surface area contributed by atoms with Crippen LogP contribution in [0, 0.1) is 12.8 Å². The van der Waals surface area contributed by atoms with Crippen LogP contribution >= 0.6 is 0 Å². The van der Waals surface area contributed by atoms with Crippen LogP contribution < -0.4 is 10.6 Å². The fourth-order valence-corrected chi connectivity index (χ4v) is 1.77. The van der Waals surface area contributed by atoms with E-state index in [0.717, 1.165) is 0 Å². The van der Waals surface area contributed by atoms with Gasteiger partial charge in [-0.05, 0) is 6.42 Å². The maximum atomic E-state index is 11.9. The molecule has 0 heterocycles. The van der Waals surface area contributed by atoms with Crippen molar-refractivity contribution in [3.63, 3.8) is 0 Å². The zero-order valence-electron chi connectivity index (χ0n) is 13.4. The Morgan fingerprint density at radius 3 is 2.18 bits per heavy atom. The first-order chi connectivity index (χ1) is 9.94. The molecule has 0 bridgehead atoms. The van der Waals surface area contributed by atoms with Crippen LogP contribution in [0.5, 0.6) is 0 Å². The van der Waals surface area contributed by atoms with E-state index in [0.29, 0.717) is 19.3 Å². The van der Waals surface area contributed by atoms with Crippen molar-refractivity contribution in [2.24, 2.45) is 5.92 Å². The molecule has 1 unspecified atom stereocenters. The fraction of sp³-hybridized carbons (Fsp3) is 0.667. The number of ketones is 2. The van der Waals surface area contributed by atoms with E-state index >= 15 is 0 Å². The predicted octanol–water partition coefficient (Wildman–Crippen LogP) is 0.795. The van der Waals surface area contributed by atoms with Gasteiger partial charge in [-0.1, -0.05) is 13.8 Å².